The summed E-state index contributed by atoms with van der Waals surface area (Å²) < 4.78 is 5.93. The Balaban J connectivity index is 1.42. The topological polar surface area (TPSA) is 58.6 Å². The molecule has 6 nitrogen and oxygen atoms in total. The molecule has 0 radical (unpaired) electrons. The zero-order valence-electron chi connectivity index (χ0n) is 13.2. The number of piperidine rings is 3. The predicted octanol–water partition coefficient (Wildman–Crippen LogP) is 2.63. The number of hydrogen-bond acceptors (Lipinski definition) is 6. The van der Waals surface area contributed by atoms with E-state index in [1.807, 2.05) is 12.1 Å². The highest BCUT2D eigenvalue weighted by Crippen LogP contribution is 2.45. The highest BCUT2D eigenvalue weighted by molar-refractivity contribution is 7.19. The number of nitrogens with zero attached hydrogens (tertiary/aromatic N) is 4. The summed E-state index contributed by atoms with van der Waals surface area (Å²) in [6.45, 7) is 3.82. The summed E-state index contributed by atoms with van der Waals surface area (Å²) in [5.74, 6) is 0.499. The number of hydrogen-bond donors (Lipinski definition) is 0. The van der Waals surface area contributed by atoms with Gasteiger partial charge < -0.3 is 4.74 Å². The first-order valence-corrected chi connectivity index (χ1v) is 9.13. The van der Waals surface area contributed by atoms with Crippen LogP contribution >= 0.6 is 11.3 Å². The summed E-state index contributed by atoms with van der Waals surface area (Å²) in [5.41, 5.74) is 0.659. The van der Waals surface area contributed by atoms with E-state index in [0.717, 1.165) is 47.9 Å². The molecule has 2 bridgehead atoms. The van der Waals surface area contributed by atoms with Gasteiger partial charge >= 0.3 is 6.09 Å². The summed E-state index contributed by atoms with van der Waals surface area (Å²) >= 11 is 1.59. The highest BCUT2D eigenvalue weighted by atomic mass is 32.1. The van der Waals surface area contributed by atoms with Crippen LogP contribution in [-0.2, 0) is 4.74 Å². The van der Waals surface area contributed by atoms with Crippen LogP contribution in [0, 0.1) is 5.92 Å². The summed E-state index contributed by atoms with van der Waals surface area (Å²) in [5, 5.41) is 0.937. The van der Waals surface area contributed by atoms with Crippen LogP contribution in [0.1, 0.15) is 12.8 Å². The van der Waals surface area contributed by atoms with E-state index in [2.05, 4.69) is 14.9 Å². The van der Waals surface area contributed by atoms with E-state index in [0.29, 0.717) is 12.5 Å². The molecule has 4 fully saturated rings. The van der Waals surface area contributed by atoms with Crippen LogP contribution in [0.15, 0.2) is 30.9 Å². The van der Waals surface area contributed by atoms with E-state index in [1.54, 1.807) is 28.6 Å². The molecule has 0 aliphatic carbocycles. The average molecular weight is 342 g/mol. The van der Waals surface area contributed by atoms with Gasteiger partial charge in [0.1, 0.15) is 16.9 Å². The van der Waals surface area contributed by atoms with E-state index in [9.17, 15) is 4.79 Å². The number of thiophene rings is 1. The molecule has 4 aliphatic rings. The Labute approximate surface area is 144 Å². The van der Waals surface area contributed by atoms with Crippen molar-refractivity contribution in [1.82, 2.24) is 14.9 Å². The molecule has 1 atom stereocenters. The SMILES string of the molecule is O=C1OC2(CN3CCC2CC3)CN1c1ccc(-c2cncnc2)s1. The van der Waals surface area contributed by atoms with Gasteiger partial charge in [-0.1, -0.05) is 0 Å². The largest absolute Gasteiger partial charge is 0.439 e. The maximum absolute atomic E-state index is 12.5. The van der Waals surface area contributed by atoms with Crippen molar-refractivity contribution < 1.29 is 9.53 Å². The van der Waals surface area contributed by atoms with Crippen molar-refractivity contribution >= 4 is 22.4 Å². The van der Waals surface area contributed by atoms with Gasteiger partial charge in [0, 0.05) is 35.3 Å². The van der Waals surface area contributed by atoms with Crippen LogP contribution in [-0.4, -0.2) is 52.7 Å². The van der Waals surface area contributed by atoms with Gasteiger partial charge in [0.25, 0.3) is 0 Å². The number of carbonyl (C=O) groups is 1. The molecule has 1 spiro atoms. The standard InChI is InChI=1S/C17H18N4O2S/c22-16-21(10-17(23-16)9-20-5-3-13(17)4-6-20)15-2-1-14(24-15)12-7-18-11-19-8-12/h1-2,7-8,11,13H,3-6,9-10H2. The second kappa shape index (κ2) is 5.26. The summed E-state index contributed by atoms with van der Waals surface area (Å²) in [4.78, 5) is 26.0. The molecular formula is C17H18N4O2S. The molecule has 0 aromatic carbocycles. The van der Waals surface area contributed by atoms with Crippen molar-refractivity contribution in [2.75, 3.05) is 31.1 Å². The van der Waals surface area contributed by atoms with Crippen molar-refractivity contribution in [2.45, 2.75) is 18.4 Å². The first-order valence-electron chi connectivity index (χ1n) is 8.32. The first-order chi connectivity index (χ1) is 11.7. The molecule has 6 heterocycles. The molecule has 0 N–H and O–H groups in total. The molecule has 2 aromatic heterocycles. The van der Waals surface area contributed by atoms with Crippen LogP contribution in [0.3, 0.4) is 0 Å². The number of rotatable bonds is 2. The van der Waals surface area contributed by atoms with Crippen molar-refractivity contribution in [3.05, 3.63) is 30.9 Å². The minimum Gasteiger partial charge on any atom is -0.439 e. The fraction of sp³-hybridized carbons (Fsp3) is 0.471. The van der Waals surface area contributed by atoms with Gasteiger partial charge in [-0.2, -0.15) is 0 Å². The number of fused-ring (bicyclic) bond motifs is 2. The first kappa shape index (κ1) is 14.4. The van der Waals surface area contributed by atoms with E-state index < -0.39 is 0 Å². The lowest BCUT2D eigenvalue weighted by atomic mass is 9.75. The molecule has 6 rings (SSSR count). The number of ether oxygens (including phenoxy) is 1. The molecule has 0 saturated carbocycles. The molecule has 4 aliphatic heterocycles. The zero-order valence-corrected chi connectivity index (χ0v) is 14.0. The Bertz CT molecular complexity index is 772. The lowest BCUT2D eigenvalue weighted by Gasteiger charge is -2.49. The number of anilines is 1. The third-order valence-corrected chi connectivity index (χ3v) is 6.62. The minimum atomic E-state index is -0.312. The molecule has 4 saturated heterocycles. The molecule has 124 valence electrons. The van der Waals surface area contributed by atoms with E-state index >= 15 is 0 Å². The minimum absolute atomic E-state index is 0.207. The fourth-order valence-electron chi connectivity index (χ4n) is 4.24. The maximum atomic E-state index is 12.5. The van der Waals surface area contributed by atoms with Gasteiger partial charge in [-0.05, 0) is 38.1 Å². The van der Waals surface area contributed by atoms with Gasteiger partial charge in [0.05, 0.1) is 6.54 Å². The Morgan fingerprint density at radius 3 is 2.67 bits per heavy atom. The average Bonchev–Trinajstić information content (AvgIpc) is 3.22. The molecule has 24 heavy (non-hydrogen) atoms. The molecular weight excluding hydrogens is 324 g/mol. The summed E-state index contributed by atoms with van der Waals surface area (Å²) in [6.07, 6.45) is 7.17. The highest BCUT2D eigenvalue weighted by Gasteiger charge is 2.55. The fourth-order valence-corrected chi connectivity index (χ4v) is 5.21. The number of aromatic nitrogens is 2. The van der Waals surface area contributed by atoms with Gasteiger partial charge in [0.2, 0.25) is 0 Å². The second-order valence-electron chi connectivity index (χ2n) is 6.83. The van der Waals surface area contributed by atoms with Crippen LogP contribution in [0.25, 0.3) is 10.4 Å². The van der Waals surface area contributed by atoms with Crippen molar-refractivity contribution in [3.8, 4) is 10.4 Å². The summed E-state index contributed by atoms with van der Waals surface area (Å²) in [7, 11) is 0. The predicted molar refractivity (Wildman–Crippen MR) is 91.1 cm³/mol. The molecule has 2 aromatic rings. The third-order valence-electron chi connectivity index (χ3n) is 5.46. The van der Waals surface area contributed by atoms with Crippen LogP contribution in [0.4, 0.5) is 9.80 Å². The van der Waals surface area contributed by atoms with Crippen LogP contribution < -0.4 is 4.90 Å². The Morgan fingerprint density at radius 2 is 1.96 bits per heavy atom. The van der Waals surface area contributed by atoms with Crippen molar-refractivity contribution in [2.24, 2.45) is 5.92 Å². The van der Waals surface area contributed by atoms with Crippen molar-refractivity contribution in [1.29, 1.82) is 0 Å². The quantitative estimate of drug-likeness (QED) is 0.840. The second-order valence-corrected chi connectivity index (χ2v) is 7.90. The van der Waals surface area contributed by atoms with Gasteiger partial charge in [-0.15, -0.1) is 11.3 Å². The Morgan fingerprint density at radius 1 is 1.17 bits per heavy atom. The number of amides is 1. The van der Waals surface area contributed by atoms with E-state index in [-0.39, 0.29) is 11.7 Å². The molecule has 1 amide bonds. The maximum Gasteiger partial charge on any atom is 0.415 e. The van der Waals surface area contributed by atoms with Gasteiger partial charge in [-0.25, -0.2) is 14.8 Å². The normalized spacial score (nSPS) is 31.7. The monoisotopic (exact) mass is 342 g/mol. The lowest BCUT2D eigenvalue weighted by Crippen LogP contribution is -2.61. The number of carbonyl (C=O) groups excluding carboxylic acids is 1. The molecule has 1 unspecified atom stereocenters. The smallest absolute Gasteiger partial charge is 0.415 e. The third kappa shape index (κ3) is 2.15. The van der Waals surface area contributed by atoms with E-state index in [4.69, 9.17) is 4.74 Å². The van der Waals surface area contributed by atoms with Gasteiger partial charge in [0.15, 0.2) is 0 Å². The Kier molecular flexibility index (Phi) is 3.14. The van der Waals surface area contributed by atoms with Gasteiger partial charge in [-0.3, -0.25) is 9.80 Å². The zero-order chi connectivity index (χ0) is 16.1. The Hall–Kier alpha value is -1.99. The summed E-state index contributed by atoms with van der Waals surface area (Å²) in [6, 6.07) is 4.02. The van der Waals surface area contributed by atoms with Crippen LogP contribution in [0.2, 0.25) is 0 Å². The molecule has 7 heteroatoms. The van der Waals surface area contributed by atoms with Crippen LogP contribution in [0.5, 0.6) is 0 Å². The lowest BCUT2D eigenvalue weighted by molar-refractivity contribution is -0.0881. The van der Waals surface area contributed by atoms with E-state index in [1.165, 1.54) is 6.33 Å². The van der Waals surface area contributed by atoms with Crippen molar-refractivity contribution in [3.63, 3.8) is 0 Å².